The van der Waals surface area contributed by atoms with Crippen molar-refractivity contribution in [3.63, 3.8) is 0 Å². The molecule has 0 amide bonds. The maximum absolute atomic E-state index is 11.5. The van der Waals surface area contributed by atoms with Gasteiger partial charge in [0.25, 0.3) is 0 Å². The van der Waals surface area contributed by atoms with Gasteiger partial charge in [-0.15, -0.1) is 12.4 Å². The average molecular weight is 379 g/mol. The van der Waals surface area contributed by atoms with Crippen LogP contribution in [0.2, 0.25) is 10.0 Å². The van der Waals surface area contributed by atoms with Crippen molar-refractivity contribution in [3.05, 3.63) is 51.9 Å². The molecule has 1 heterocycles. The maximum Gasteiger partial charge on any atom is 0.334 e. The zero-order valence-corrected chi connectivity index (χ0v) is 15.2. The van der Waals surface area contributed by atoms with Crippen LogP contribution in [0.3, 0.4) is 0 Å². The van der Waals surface area contributed by atoms with Gasteiger partial charge in [0.2, 0.25) is 0 Å². The molecule has 0 radical (unpaired) electrons. The second-order valence-corrected chi connectivity index (χ2v) is 6.90. The molecule has 1 aromatic carbocycles. The third-order valence-corrected chi connectivity index (χ3v) is 3.51. The standard InChI is InChI=1S/C16H17Cl2NO3.ClH/c1-16(2,3)13-5-4-12(22-13)14(15(20)21)19-11-7-9(17)6-10(18)8-11;/h4-8,14,19H,1-3H3,(H,20,21);1H. The van der Waals surface area contributed by atoms with Crippen molar-refractivity contribution in [1.82, 2.24) is 0 Å². The first kappa shape index (κ1) is 19.7. The summed E-state index contributed by atoms with van der Waals surface area (Å²) in [6.07, 6.45) is 0. The van der Waals surface area contributed by atoms with Crippen molar-refractivity contribution in [2.45, 2.75) is 32.2 Å². The van der Waals surface area contributed by atoms with E-state index < -0.39 is 12.0 Å². The molecule has 0 aliphatic heterocycles. The van der Waals surface area contributed by atoms with Gasteiger partial charge in [-0.2, -0.15) is 0 Å². The van der Waals surface area contributed by atoms with Gasteiger partial charge in [-0.05, 0) is 30.3 Å². The number of halogens is 3. The van der Waals surface area contributed by atoms with Gasteiger partial charge in [0.1, 0.15) is 11.5 Å². The summed E-state index contributed by atoms with van der Waals surface area (Å²) >= 11 is 11.9. The molecule has 1 aromatic heterocycles. The molecular formula is C16H18Cl3NO3. The Balaban J connectivity index is 0.00000264. The summed E-state index contributed by atoms with van der Waals surface area (Å²) in [5.41, 5.74) is 0.319. The molecule has 0 fully saturated rings. The van der Waals surface area contributed by atoms with Crippen molar-refractivity contribution in [2.24, 2.45) is 0 Å². The van der Waals surface area contributed by atoms with Crippen LogP contribution >= 0.6 is 35.6 Å². The zero-order valence-electron chi connectivity index (χ0n) is 12.9. The summed E-state index contributed by atoms with van der Waals surface area (Å²) in [4.78, 5) is 11.5. The predicted molar refractivity (Wildman–Crippen MR) is 95.1 cm³/mol. The summed E-state index contributed by atoms with van der Waals surface area (Å²) in [6.45, 7) is 5.99. The van der Waals surface area contributed by atoms with Crippen molar-refractivity contribution in [1.29, 1.82) is 0 Å². The Morgan fingerprint density at radius 1 is 1.17 bits per heavy atom. The monoisotopic (exact) mass is 377 g/mol. The van der Waals surface area contributed by atoms with E-state index in [0.717, 1.165) is 5.76 Å². The second kappa shape index (κ2) is 7.47. The minimum absolute atomic E-state index is 0. The molecule has 0 spiro atoms. The van der Waals surface area contributed by atoms with Crippen molar-refractivity contribution in [3.8, 4) is 0 Å². The summed E-state index contributed by atoms with van der Waals surface area (Å²) in [7, 11) is 0. The van der Waals surface area contributed by atoms with Crippen LogP contribution in [-0.2, 0) is 10.2 Å². The molecule has 0 aliphatic rings. The molecule has 2 N–H and O–H groups in total. The van der Waals surface area contributed by atoms with E-state index in [2.05, 4.69) is 5.32 Å². The number of carboxylic acid groups (broad SMARTS) is 1. The van der Waals surface area contributed by atoms with E-state index >= 15 is 0 Å². The second-order valence-electron chi connectivity index (χ2n) is 6.03. The average Bonchev–Trinajstić information content (AvgIpc) is 2.83. The van der Waals surface area contributed by atoms with Gasteiger partial charge in [0, 0.05) is 21.1 Å². The third-order valence-electron chi connectivity index (χ3n) is 3.07. The molecule has 0 saturated heterocycles. The van der Waals surface area contributed by atoms with Crippen molar-refractivity contribution >= 4 is 47.3 Å². The molecule has 2 aromatic rings. The predicted octanol–water partition coefficient (Wildman–Crippen LogP) is 5.54. The van der Waals surface area contributed by atoms with E-state index in [0.29, 0.717) is 21.5 Å². The molecule has 4 nitrogen and oxygen atoms in total. The molecule has 1 atom stereocenters. The summed E-state index contributed by atoms with van der Waals surface area (Å²) in [5.74, 6) is -0.000827. The maximum atomic E-state index is 11.5. The zero-order chi connectivity index (χ0) is 16.5. The molecule has 126 valence electrons. The topological polar surface area (TPSA) is 62.5 Å². The Hall–Kier alpha value is -1.36. The minimum atomic E-state index is -1.05. The number of carbonyl (C=O) groups is 1. The molecule has 0 aliphatic carbocycles. The van der Waals surface area contributed by atoms with Crippen LogP contribution in [0.4, 0.5) is 5.69 Å². The van der Waals surface area contributed by atoms with E-state index in [1.54, 1.807) is 30.3 Å². The van der Waals surface area contributed by atoms with Gasteiger partial charge in [0.05, 0.1) is 0 Å². The lowest BCUT2D eigenvalue weighted by atomic mass is 9.94. The van der Waals surface area contributed by atoms with E-state index in [9.17, 15) is 9.90 Å². The van der Waals surface area contributed by atoms with Crippen LogP contribution < -0.4 is 5.32 Å². The third kappa shape index (κ3) is 5.06. The van der Waals surface area contributed by atoms with Gasteiger partial charge >= 0.3 is 5.97 Å². The Labute approximate surface area is 151 Å². The van der Waals surface area contributed by atoms with Crippen LogP contribution in [0.25, 0.3) is 0 Å². The number of hydrogen-bond donors (Lipinski definition) is 2. The molecule has 7 heteroatoms. The van der Waals surface area contributed by atoms with Crippen LogP contribution in [0, 0.1) is 0 Å². The highest BCUT2D eigenvalue weighted by Crippen LogP contribution is 2.30. The van der Waals surface area contributed by atoms with Gasteiger partial charge < -0.3 is 14.8 Å². The molecular weight excluding hydrogens is 361 g/mol. The lowest BCUT2D eigenvalue weighted by molar-refractivity contribution is -0.138. The van der Waals surface area contributed by atoms with Crippen molar-refractivity contribution in [2.75, 3.05) is 5.32 Å². The molecule has 2 rings (SSSR count). The Kier molecular flexibility index (Phi) is 6.40. The van der Waals surface area contributed by atoms with Gasteiger partial charge in [0.15, 0.2) is 6.04 Å². The van der Waals surface area contributed by atoms with Gasteiger partial charge in [-0.1, -0.05) is 44.0 Å². The van der Waals surface area contributed by atoms with E-state index in [1.807, 2.05) is 20.8 Å². The number of aliphatic carboxylic acids is 1. The first-order valence-electron chi connectivity index (χ1n) is 6.72. The summed E-state index contributed by atoms with van der Waals surface area (Å²) in [6, 6.07) is 7.23. The minimum Gasteiger partial charge on any atom is -0.479 e. The Bertz CT molecular complexity index is 672. The molecule has 0 saturated carbocycles. The number of rotatable bonds is 4. The molecule has 23 heavy (non-hydrogen) atoms. The summed E-state index contributed by atoms with van der Waals surface area (Å²) < 4.78 is 5.69. The number of carboxylic acids is 1. The largest absolute Gasteiger partial charge is 0.479 e. The summed E-state index contributed by atoms with van der Waals surface area (Å²) in [5, 5.41) is 13.2. The van der Waals surface area contributed by atoms with Crippen LogP contribution in [0.5, 0.6) is 0 Å². The van der Waals surface area contributed by atoms with E-state index in [-0.39, 0.29) is 17.8 Å². The molecule has 0 bridgehead atoms. The fraction of sp³-hybridized carbons (Fsp3) is 0.312. The number of benzene rings is 1. The highest BCUT2D eigenvalue weighted by Gasteiger charge is 2.26. The number of nitrogens with one attached hydrogen (secondary N) is 1. The fourth-order valence-electron chi connectivity index (χ4n) is 1.97. The van der Waals surface area contributed by atoms with Crippen LogP contribution in [0.15, 0.2) is 34.7 Å². The molecule has 1 unspecified atom stereocenters. The van der Waals surface area contributed by atoms with Gasteiger partial charge in [-0.3, -0.25) is 0 Å². The Morgan fingerprint density at radius 2 is 1.74 bits per heavy atom. The first-order chi connectivity index (χ1) is 10.2. The lowest BCUT2D eigenvalue weighted by Gasteiger charge is -2.17. The Morgan fingerprint density at radius 3 is 2.17 bits per heavy atom. The SMILES string of the molecule is CC(C)(C)c1ccc(C(Nc2cc(Cl)cc(Cl)c2)C(=O)O)o1.Cl. The van der Waals surface area contributed by atoms with Crippen LogP contribution in [-0.4, -0.2) is 11.1 Å². The number of hydrogen-bond acceptors (Lipinski definition) is 3. The van der Waals surface area contributed by atoms with E-state index in [4.69, 9.17) is 27.6 Å². The van der Waals surface area contributed by atoms with Crippen LogP contribution in [0.1, 0.15) is 38.3 Å². The van der Waals surface area contributed by atoms with E-state index in [1.165, 1.54) is 0 Å². The number of furan rings is 1. The van der Waals surface area contributed by atoms with Gasteiger partial charge in [-0.25, -0.2) is 4.79 Å². The highest BCUT2D eigenvalue weighted by molar-refractivity contribution is 6.35. The first-order valence-corrected chi connectivity index (χ1v) is 7.48. The highest BCUT2D eigenvalue weighted by atomic mass is 35.5. The smallest absolute Gasteiger partial charge is 0.334 e. The normalized spacial score (nSPS) is 12.4. The number of anilines is 1. The van der Waals surface area contributed by atoms with Crippen molar-refractivity contribution < 1.29 is 14.3 Å². The quantitative estimate of drug-likeness (QED) is 0.733. The fourth-order valence-corrected chi connectivity index (χ4v) is 2.50. The lowest BCUT2D eigenvalue weighted by Crippen LogP contribution is -2.20.